The molecular weight excluding hydrogens is 599 g/mol. The van der Waals surface area contributed by atoms with Gasteiger partial charge in [-0.15, -0.1) is 6.42 Å². The van der Waals surface area contributed by atoms with Crippen LogP contribution in [0, 0.1) is 24.0 Å². The van der Waals surface area contributed by atoms with Crippen LogP contribution in [0.15, 0.2) is 24.3 Å². The van der Waals surface area contributed by atoms with Gasteiger partial charge in [0.05, 0.1) is 16.6 Å². The van der Waals surface area contributed by atoms with Crippen LogP contribution in [-0.4, -0.2) is 88.8 Å². The van der Waals surface area contributed by atoms with Crippen LogP contribution in [0.25, 0.3) is 32.9 Å². The van der Waals surface area contributed by atoms with Crippen LogP contribution in [0.4, 0.5) is 19.0 Å². The Bertz CT molecular complexity index is 1940. The number of pyridine rings is 1. The van der Waals surface area contributed by atoms with Gasteiger partial charge in [0.1, 0.15) is 53.4 Å². The molecule has 4 aliphatic rings. The number of alkyl halides is 1. The van der Waals surface area contributed by atoms with Crippen molar-refractivity contribution in [3.63, 3.8) is 0 Å². The summed E-state index contributed by atoms with van der Waals surface area (Å²) >= 11 is 0. The van der Waals surface area contributed by atoms with Crippen molar-refractivity contribution in [3.05, 3.63) is 41.5 Å². The molecule has 2 aromatic carbocycles. The number of ether oxygens (including phenoxy) is 3. The van der Waals surface area contributed by atoms with Gasteiger partial charge in [0, 0.05) is 44.2 Å². The quantitative estimate of drug-likeness (QED) is 0.308. The van der Waals surface area contributed by atoms with Crippen molar-refractivity contribution >= 4 is 27.5 Å². The Labute approximate surface area is 263 Å². The highest BCUT2D eigenvalue weighted by molar-refractivity contribution is 6.04. The molecule has 9 nitrogen and oxygen atoms in total. The molecule has 0 radical (unpaired) electrons. The zero-order valence-electron chi connectivity index (χ0n) is 25.3. The van der Waals surface area contributed by atoms with E-state index in [2.05, 4.69) is 20.8 Å². The van der Waals surface area contributed by atoms with Crippen LogP contribution < -0.4 is 14.4 Å². The van der Waals surface area contributed by atoms with Gasteiger partial charge >= 0.3 is 6.01 Å². The molecule has 0 amide bonds. The molecule has 4 aromatic rings. The van der Waals surface area contributed by atoms with Crippen molar-refractivity contribution in [2.45, 2.75) is 49.4 Å². The number of hydrogen-bond donors (Lipinski definition) is 1. The summed E-state index contributed by atoms with van der Waals surface area (Å²) in [6, 6.07) is 5.34. The summed E-state index contributed by atoms with van der Waals surface area (Å²) in [6.07, 6.45) is 8.12. The van der Waals surface area contributed by atoms with E-state index >= 15 is 4.39 Å². The highest BCUT2D eigenvalue weighted by atomic mass is 19.1. The van der Waals surface area contributed by atoms with Crippen molar-refractivity contribution in [2.75, 3.05) is 51.5 Å². The number of benzene rings is 2. The minimum atomic E-state index is -0.939. The maximum absolute atomic E-state index is 17.0. The SMILES string of the molecule is C#Cc1c(F)ccc2cc(O)cc(-c3nc4c5c(nc(OC[C@@]67CCCN6C[C@H](F)C7)nc5c3F)N(C)C3(CCOCC3)CO4)c12. The minimum absolute atomic E-state index is 0.0554. The lowest BCUT2D eigenvalue weighted by Crippen LogP contribution is -2.54. The predicted molar refractivity (Wildman–Crippen MR) is 165 cm³/mol. The molecule has 2 atom stereocenters. The molecule has 238 valence electrons. The topological polar surface area (TPSA) is 93.1 Å². The molecule has 12 heteroatoms. The fourth-order valence-electron chi connectivity index (χ4n) is 7.85. The van der Waals surface area contributed by atoms with Gasteiger partial charge in [-0.25, -0.2) is 18.2 Å². The second-order valence-corrected chi connectivity index (χ2v) is 12.8. The van der Waals surface area contributed by atoms with E-state index in [1.807, 2.05) is 11.9 Å². The molecule has 2 aromatic heterocycles. The first-order valence-corrected chi connectivity index (χ1v) is 15.5. The van der Waals surface area contributed by atoms with Crippen LogP contribution >= 0.6 is 0 Å². The average molecular weight is 632 g/mol. The normalized spacial score (nSPS) is 23.8. The van der Waals surface area contributed by atoms with E-state index in [9.17, 15) is 13.9 Å². The van der Waals surface area contributed by atoms with Gasteiger partial charge in [0.2, 0.25) is 5.88 Å². The van der Waals surface area contributed by atoms with Gasteiger partial charge in [-0.1, -0.05) is 12.0 Å². The monoisotopic (exact) mass is 631 g/mol. The van der Waals surface area contributed by atoms with Gasteiger partial charge in [0.25, 0.3) is 0 Å². The van der Waals surface area contributed by atoms with Gasteiger partial charge in [-0.05, 0) is 55.8 Å². The first kappa shape index (κ1) is 29.1. The van der Waals surface area contributed by atoms with E-state index in [1.165, 1.54) is 24.3 Å². The van der Waals surface area contributed by atoms with E-state index in [1.54, 1.807) is 0 Å². The van der Waals surface area contributed by atoms with Gasteiger partial charge in [0.15, 0.2) is 5.82 Å². The highest BCUT2D eigenvalue weighted by Gasteiger charge is 2.50. The maximum atomic E-state index is 17.0. The number of aromatic hydroxyl groups is 1. The maximum Gasteiger partial charge on any atom is 0.319 e. The summed E-state index contributed by atoms with van der Waals surface area (Å²) in [5.41, 5.74) is -1.32. The van der Waals surface area contributed by atoms with Crippen molar-refractivity contribution in [3.8, 4) is 41.2 Å². The molecule has 6 heterocycles. The summed E-state index contributed by atoms with van der Waals surface area (Å²) in [4.78, 5) is 18.1. The molecule has 0 aliphatic carbocycles. The van der Waals surface area contributed by atoms with Crippen LogP contribution in [-0.2, 0) is 4.74 Å². The highest BCUT2D eigenvalue weighted by Crippen LogP contribution is 2.46. The van der Waals surface area contributed by atoms with Crippen LogP contribution in [0.3, 0.4) is 0 Å². The summed E-state index contributed by atoms with van der Waals surface area (Å²) in [7, 11) is 1.88. The minimum Gasteiger partial charge on any atom is -0.508 e. The lowest BCUT2D eigenvalue weighted by atomic mass is 9.89. The zero-order chi connectivity index (χ0) is 31.8. The summed E-state index contributed by atoms with van der Waals surface area (Å²) in [6.45, 7) is 2.55. The van der Waals surface area contributed by atoms with E-state index in [0.29, 0.717) is 50.2 Å². The van der Waals surface area contributed by atoms with E-state index in [-0.39, 0.29) is 64.0 Å². The number of aromatic nitrogens is 3. The molecule has 1 N–H and O–H groups in total. The van der Waals surface area contributed by atoms with Crippen molar-refractivity contribution in [1.82, 2.24) is 19.9 Å². The Balaban J connectivity index is 1.34. The Hall–Kier alpha value is -4.34. The molecule has 3 fully saturated rings. The zero-order valence-corrected chi connectivity index (χ0v) is 25.3. The Morgan fingerprint density at radius 1 is 1.13 bits per heavy atom. The lowest BCUT2D eigenvalue weighted by Gasteiger charge is -2.43. The first-order chi connectivity index (χ1) is 22.2. The third kappa shape index (κ3) is 4.36. The van der Waals surface area contributed by atoms with Crippen LogP contribution in [0.2, 0.25) is 0 Å². The first-order valence-electron chi connectivity index (χ1n) is 15.5. The molecule has 3 saturated heterocycles. The number of terminal acetylenes is 1. The average Bonchev–Trinajstić information content (AvgIpc) is 3.55. The largest absolute Gasteiger partial charge is 0.508 e. The van der Waals surface area contributed by atoms with Crippen LogP contribution in [0.1, 0.15) is 37.7 Å². The van der Waals surface area contributed by atoms with Crippen molar-refractivity contribution in [1.29, 1.82) is 0 Å². The summed E-state index contributed by atoms with van der Waals surface area (Å²) < 4.78 is 64.7. The fraction of sp³-hybridized carbons (Fsp3) is 0.441. The number of halogens is 3. The number of fused-ring (bicyclic) bond motifs is 2. The molecular formula is C34H32F3N5O4. The van der Waals surface area contributed by atoms with Crippen molar-refractivity contribution < 1.29 is 32.5 Å². The van der Waals surface area contributed by atoms with Gasteiger partial charge in [-0.3, -0.25) is 4.90 Å². The number of nitrogens with zero attached hydrogens (tertiary/aromatic N) is 5. The number of phenolic OH excluding ortho intramolecular Hbond substituents is 1. The lowest BCUT2D eigenvalue weighted by molar-refractivity contribution is 0.0326. The number of hydrogen-bond acceptors (Lipinski definition) is 9. The summed E-state index contributed by atoms with van der Waals surface area (Å²) in [5.74, 6) is 1.17. The molecule has 1 spiro atoms. The predicted octanol–water partition coefficient (Wildman–Crippen LogP) is 5.14. The molecule has 8 rings (SSSR count). The van der Waals surface area contributed by atoms with Crippen molar-refractivity contribution in [2.24, 2.45) is 0 Å². The van der Waals surface area contributed by atoms with Gasteiger partial charge < -0.3 is 24.2 Å². The van der Waals surface area contributed by atoms with E-state index in [0.717, 1.165) is 19.4 Å². The van der Waals surface area contributed by atoms with Gasteiger partial charge in [-0.2, -0.15) is 9.97 Å². The molecule has 0 unspecified atom stereocenters. The number of rotatable bonds is 4. The van der Waals surface area contributed by atoms with E-state index in [4.69, 9.17) is 25.6 Å². The smallest absolute Gasteiger partial charge is 0.319 e. The Morgan fingerprint density at radius 2 is 1.96 bits per heavy atom. The molecule has 46 heavy (non-hydrogen) atoms. The Morgan fingerprint density at radius 3 is 2.76 bits per heavy atom. The third-order valence-electron chi connectivity index (χ3n) is 10.3. The molecule has 0 bridgehead atoms. The van der Waals surface area contributed by atoms with Crippen LogP contribution in [0.5, 0.6) is 17.6 Å². The molecule has 0 saturated carbocycles. The number of phenols is 1. The summed E-state index contributed by atoms with van der Waals surface area (Å²) in [5, 5.41) is 11.5. The second kappa shape index (κ2) is 10.6. The Kier molecular flexibility index (Phi) is 6.71. The molecule has 4 aliphatic heterocycles. The second-order valence-electron chi connectivity index (χ2n) is 12.8. The van der Waals surface area contributed by atoms with E-state index < -0.39 is 28.9 Å². The number of anilines is 1. The third-order valence-corrected chi connectivity index (χ3v) is 10.3. The standard InChI is InChI=1S/C34H32F3N5O4/c1-3-22-24(36)6-5-19-13-21(43)14-23(25(19)22)28-27(37)29-26-30(41(2)33(8-11-44-12-9-33)17-45-31(26)38-28)40-32(39-29)46-18-34-7-4-10-42(34)16-20(35)15-34/h1,5-6,13-14,20,43H,4,7-12,15-18H2,2H3/t20-,34+/m1/s1. The fourth-order valence-corrected chi connectivity index (χ4v) is 7.85. The number of likely N-dealkylation sites (N-methyl/N-ethyl adjacent to an activating group) is 1.